The van der Waals surface area contributed by atoms with Crippen LogP contribution < -0.4 is 51.4 Å². The first-order valence-electron chi connectivity index (χ1n) is 2.18. The molecule has 0 saturated heterocycles. The van der Waals surface area contributed by atoms with Gasteiger partial charge >= 0.3 is 51.4 Å². The normalized spacial score (nSPS) is 13.0. The SMILES string of the molecule is O=S(=O)([O-])OOS(=O)(=O)[O-].O=S([O-])OO.[K+]. The number of hydrogen-bond donors (Lipinski definition) is 1. The van der Waals surface area contributed by atoms with E-state index in [1.54, 1.807) is 0 Å². The summed E-state index contributed by atoms with van der Waals surface area (Å²) in [4.78, 5) is 0. The zero-order chi connectivity index (χ0) is 12.7. The summed E-state index contributed by atoms with van der Waals surface area (Å²) in [6.07, 6.45) is 0. The van der Waals surface area contributed by atoms with Gasteiger partial charge in [0.25, 0.3) is 0 Å². The zero-order valence-corrected chi connectivity index (χ0v) is 12.7. The minimum Gasteiger partial charge on any atom is -0.748 e. The van der Waals surface area contributed by atoms with Crippen molar-refractivity contribution in [1.82, 2.24) is 0 Å². The van der Waals surface area contributed by atoms with E-state index in [9.17, 15) is 25.9 Å². The van der Waals surface area contributed by atoms with E-state index in [0.29, 0.717) is 0 Å². The van der Waals surface area contributed by atoms with E-state index in [0.717, 1.165) is 0 Å². The Balaban J connectivity index is -0.000000242. The van der Waals surface area contributed by atoms with Crippen molar-refractivity contribution < 1.29 is 104 Å². The fraction of sp³-hybridized carbons (Fsp3) is 0. The van der Waals surface area contributed by atoms with E-state index in [4.69, 9.17) is 14.0 Å². The van der Waals surface area contributed by atoms with E-state index in [1.165, 1.54) is 0 Å². The van der Waals surface area contributed by atoms with Gasteiger partial charge in [-0.05, 0) is 0 Å². The Bertz CT molecular complexity index is 340. The molecule has 0 saturated carbocycles. The van der Waals surface area contributed by atoms with Crippen LogP contribution in [0.5, 0.6) is 0 Å². The maximum absolute atomic E-state index is 9.37. The number of hydrogen-bond acceptors (Lipinski definition) is 12. The molecule has 0 heterocycles. The average Bonchev–Trinajstić information content (AvgIpc) is 2.00. The van der Waals surface area contributed by atoms with Crippen molar-refractivity contribution in [2.45, 2.75) is 0 Å². The van der Waals surface area contributed by atoms with Crippen LogP contribution in [-0.2, 0) is 45.2 Å². The summed E-state index contributed by atoms with van der Waals surface area (Å²) in [6, 6.07) is 0. The van der Waals surface area contributed by atoms with Crippen LogP contribution in [0.15, 0.2) is 0 Å². The van der Waals surface area contributed by atoms with Gasteiger partial charge in [-0.1, -0.05) is 0 Å². The first kappa shape index (κ1) is 22.6. The molecule has 0 aromatic rings. The maximum Gasteiger partial charge on any atom is 1.00 e. The summed E-state index contributed by atoms with van der Waals surface area (Å²) in [5.41, 5.74) is 0. The van der Waals surface area contributed by atoms with Gasteiger partial charge in [0.05, 0.1) is 0 Å². The number of rotatable bonds is 4. The molecule has 0 radical (unpaired) electrons. The first-order chi connectivity index (χ1) is 6.48. The second-order valence-corrected chi connectivity index (χ2v) is 3.69. The van der Waals surface area contributed by atoms with Crippen LogP contribution in [0.3, 0.4) is 0 Å². The van der Waals surface area contributed by atoms with E-state index in [1.807, 2.05) is 0 Å². The Morgan fingerprint density at radius 2 is 1.19 bits per heavy atom. The van der Waals surface area contributed by atoms with Gasteiger partial charge < -0.3 is 13.7 Å². The molecule has 0 spiro atoms. The Labute approximate surface area is 135 Å². The molecule has 12 nitrogen and oxygen atoms in total. The van der Waals surface area contributed by atoms with Crippen LogP contribution in [0, 0.1) is 0 Å². The summed E-state index contributed by atoms with van der Waals surface area (Å²) in [6.45, 7) is 0. The van der Waals surface area contributed by atoms with Gasteiger partial charge in [0.15, 0.2) is 0 Å². The van der Waals surface area contributed by atoms with Crippen molar-refractivity contribution in [2.24, 2.45) is 0 Å². The van der Waals surface area contributed by atoms with Crippen molar-refractivity contribution >= 4 is 32.2 Å². The second-order valence-electron chi connectivity index (χ2n) is 1.23. The summed E-state index contributed by atoms with van der Waals surface area (Å²) in [5, 5.41) is 7.03. The fourth-order valence-electron chi connectivity index (χ4n) is 0.0680. The molecule has 0 bridgehead atoms. The maximum atomic E-state index is 9.37. The monoisotopic (exact) mass is 328 g/mol. The van der Waals surface area contributed by atoms with Crippen molar-refractivity contribution in [2.75, 3.05) is 0 Å². The summed E-state index contributed by atoms with van der Waals surface area (Å²) in [7, 11) is -10.6. The Kier molecular flexibility index (Phi) is 14.6. The van der Waals surface area contributed by atoms with Crippen molar-refractivity contribution in [3.05, 3.63) is 0 Å². The standard InChI is InChI=1S/K.H2O8S2.H2O4S/c;1-9(2,3)7-8-10(4,5)6;1-4-5(2)3/h;(H,1,2,3)(H,4,5,6);1H,(H,2,3)/q+1;;/p-3. The molecule has 16 heteroatoms. The third kappa shape index (κ3) is 29.5. The smallest absolute Gasteiger partial charge is 0.748 e. The molecule has 0 aliphatic carbocycles. The van der Waals surface area contributed by atoms with Crippen molar-refractivity contribution in [3.8, 4) is 0 Å². The van der Waals surface area contributed by atoms with E-state index in [2.05, 4.69) is 13.0 Å². The minimum absolute atomic E-state index is 0. The Morgan fingerprint density at radius 3 is 1.25 bits per heavy atom. The quantitative estimate of drug-likeness (QED) is 0.128. The van der Waals surface area contributed by atoms with Gasteiger partial charge in [-0.15, -0.1) is 13.0 Å². The van der Waals surface area contributed by atoms with Crippen LogP contribution in [-0.4, -0.2) is 40.0 Å². The van der Waals surface area contributed by atoms with Crippen molar-refractivity contribution in [1.29, 1.82) is 0 Å². The summed E-state index contributed by atoms with van der Waals surface area (Å²) < 4.78 is 81.9. The molecule has 0 aliphatic heterocycles. The van der Waals surface area contributed by atoms with Crippen LogP contribution in [0.25, 0.3) is 0 Å². The van der Waals surface area contributed by atoms with E-state index < -0.39 is 32.2 Å². The molecular formula is HKO12S3-2. The third-order valence-electron chi connectivity index (χ3n) is 0.255. The zero-order valence-electron chi connectivity index (χ0n) is 7.16. The molecule has 0 fully saturated rings. The molecule has 1 atom stereocenters. The molecule has 0 aromatic heterocycles. The molecule has 1 N–H and O–H groups in total. The van der Waals surface area contributed by atoms with Crippen molar-refractivity contribution in [3.63, 3.8) is 0 Å². The topological polar surface area (TPSA) is 202 Å². The van der Waals surface area contributed by atoms with E-state index in [-0.39, 0.29) is 51.4 Å². The van der Waals surface area contributed by atoms with Gasteiger partial charge in [0, 0.05) is 0 Å². The molecule has 94 valence electrons. The van der Waals surface area contributed by atoms with Gasteiger partial charge in [-0.25, -0.2) is 26.3 Å². The predicted molar refractivity (Wildman–Crippen MR) is 34.2 cm³/mol. The van der Waals surface area contributed by atoms with Gasteiger partial charge in [0.1, 0.15) is 11.4 Å². The van der Waals surface area contributed by atoms with E-state index >= 15 is 0 Å². The third-order valence-corrected chi connectivity index (χ3v) is 0.933. The minimum atomic E-state index is -5.31. The van der Waals surface area contributed by atoms with Crippen LogP contribution in [0.2, 0.25) is 0 Å². The molecule has 1 unspecified atom stereocenters. The predicted octanol–water partition coefficient (Wildman–Crippen LogP) is -5.87. The molecule has 16 heavy (non-hydrogen) atoms. The first-order valence-corrected chi connectivity index (χ1v) is 5.85. The van der Waals surface area contributed by atoms with Gasteiger partial charge in [-0.3, -0.25) is 0 Å². The molecule has 0 amide bonds. The summed E-state index contributed by atoms with van der Waals surface area (Å²) in [5.74, 6) is 0. The Hall–Kier alpha value is 1.41. The van der Waals surface area contributed by atoms with Crippen LogP contribution in [0.4, 0.5) is 0 Å². The van der Waals surface area contributed by atoms with Crippen LogP contribution in [0.1, 0.15) is 0 Å². The second kappa shape index (κ2) is 10.3. The molecular weight excluding hydrogens is 327 g/mol. The largest absolute Gasteiger partial charge is 1.00 e. The van der Waals surface area contributed by atoms with Crippen LogP contribution >= 0.6 is 0 Å². The Morgan fingerprint density at radius 1 is 1.00 bits per heavy atom. The molecule has 0 aromatic carbocycles. The summed E-state index contributed by atoms with van der Waals surface area (Å²) >= 11 is -2.77. The van der Waals surface area contributed by atoms with Gasteiger partial charge in [0.2, 0.25) is 20.8 Å². The molecule has 0 rings (SSSR count). The molecule has 0 aliphatic rings. The fourth-order valence-corrected chi connectivity index (χ4v) is 0.612. The van der Waals surface area contributed by atoms with Gasteiger partial charge in [-0.2, -0.15) is 0 Å². The average molecular weight is 328 g/mol.